The first-order valence-corrected chi connectivity index (χ1v) is 8.64. The van der Waals surface area contributed by atoms with E-state index in [1.54, 1.807) is 6.33 Å². The summed E-state index contributed by atoms with van der Waals surface area (Å²) in [7, 11) is 0. The Kier molecular flexibility index (Phi) is 2.93. The normalized spacial score (nSPS) is 20.2. The molecule has 0 N–H and O–H groups in total. The zero-order valence-corrected chi connectivity index (χ0v) is 13.8. The van der Waals surface area contributed by atoms with E-state index in [0.717, 1.165) is 54.5 Å². The average Bonchev–Trinajstić information content (AvgIpc) is 3.10. The Hall–Kier alpha value is -2.43. The number of ether oxygens (including phenoxy) is 1. The Bertz CT molecular complexity index is 837. The topological polar surface area (TPSA) is 50.6 Å². The van der Waals surface area contributed by atoms with E-state index in [4.69, 9.17) is 9.73 Å². The first-order valence-electron chi connectivity index (χ1n) is 8.64. The molecule has 122 valence electrons. The number of hydrogen-bond acceptors (Lipinski definition) is 5. The average molecular weight is 320 g/mol. The molecule has 3 aliphatic rings. The van der Waals surface area contributed by atoms with E-state index in [1.165, 1.54) is 12.0 Å². The minimum absolute atomic E-state index is 0.0315. The summed E-state index contributed by atoms with van der Waals surface area (Å²) in [4.78, 5) is 15.9. The molecule has 5 heteroatoms. The summed E-state index contributed by atoms with van der Waals surface area (Å²) < 4.78 is 6.11. The van der Waals surface area contributed by atoms with Gasteiger partial charge in [-0.1, -0.05) is 6.07 Å². The van der Waals surface area contributed by atoms with Crippen LogP contribution in [0.25, 0.3) is 0 Å². The molecule has 1 aromatic heterocycles. The Morgan fingerprint density at radius 2 is 2.00 bits per heavy atom. The van der Waals surface area contributed by atoms with Gasteiger partial charge in [0.1, 0.15) is 23.5 Å². The van der Waals surface area contributed by atoms with Gasteiger partial charge in [0.15, 0.2) is 0 Å². The number of aromatic nitrogens is 2. The lowest BCUT2D eigenvalue weighted by Gasteiger charge is -2.31. The van der Waals surface area contributed by atoms with Gasteiger partial charge in [0.05, 0.1) is 18.0 Å². The molecule has 1 aliphatic carbocycles. The van der Waals surface area contributed by atoms with Crippen LogP contribution in [0.1, 0.15) is 43.0 Å². The van der Waals surface area contributed by atoms with Crippen LogP contribution in [0.15, 0.2) is 35.6 Å². The fourth-order valence-corrected chi connectivity index (χ4v) is 3.20. The number of fused-ring (bicyclic) bond motifs is 1. The molecule has 1 saturated heterocycles. The maximum absolute atomic E-state index is 6.11. The van der Waals surface area contributed by atoms with Crippen molar-refractivity contribution < 1.29 is 4.74 Å². The van der Waals surface area contributed by atoms with Gasteiger partial charge in [0, 0.05) is 24.7 Å². The second-order valence-electron chi connectivity index (χ2n) is 7.14. The van der Waals surface area contributed by atoms with E-state index in [0.29, 0.717) is 6.54 Å². The molecular weight excluding hydrogens is 300 g/mol. The van der Waals surface area contributed by atoms with Gasteiger partial charge in [-0.15, -0.1) is 0 Å². The molecule has 0 radical (unpaired) electrons. The molecule has 5 nitrogen and oxygen atoms in total. The number of nitrogens with zero attached hydrogens (tertiary/aromatic N) is 4. The fourth-order valence-electron chi connectivity index (χ4n) is 3.20. The summed E-state index contributed by atoms with van der Waals surface area (Å²) in [5.41, 5.74) is 4.28. The lowest BCUT2D eigenvalue weighted by atomic mass is 10.0. The molecule has 2 fully saturated rings. The van der Waals surface area contributed by atoms with Gasteiger partial charge < -0.3 is 9.64 Å². The van der Waals surface area contributed by atoms with Crippen molar-refractivity contribution in [2.45, 2.75) is 38.3 Å². The molecule has 1 saturated carbocycles. The SMILES string of the molecule is CC1(Oc2ccc3c(c2)C(c2cc(N4CCC4)ncn2)=NC3)CC1. The molecule has 2 aromatic rings. The quantitative estimate of drug-likeness (QED) is 0.869. The molecule has 0 unspecified atom stereocenters. The van der Waals surface area contributed by atoms with Crippen molar-refractivity contribution in [1.82, 2.24) is 9.97 Å². The van der Waals surface area contributed by atoms with Crippen LogP contribution in [0.5, 0.6) is 5.75 Å². The summed E-state index contributed by atoms with van der Waals surface area (Å²) in [6, 6.07) is 8.37. The van der Waals surface area contributed by atoms with E-state index in [9.17, 15) is 0 Å². The number of hydrogen-bond donors (Lipinski definition) is 0. The first-order chi connectivity index (χ1) is 11.7. The highest BCUT2D eigenvalue weighted by atomic mass is 16.5. The smallest absolute Gasteiger partial charge is 0.132 e. The Balaban J connectivity index is 1.47. The van der Waals surface area contributed by atoms with Crippen molar-refractivity contribution in [3.05, 3.63) is 47.4 Å². The van der Waals surface area contributed by atoms with Gasteiger partial charge in [0.2, 0.25) is 0 Å². The number of benzene rings is 1. The summed E-state index contributed by atoms with van der Waals surface area (Å²) >= 11 is 0. The van der Waals surface area contributed by atoms with Gasteiger partial charge in [0.25, 0.3) is 0 Å². The zero-order chi connectivity index (χ0) is 16.1. The molecule has 0 atom stereocenters. The van der Waals surface area contributed by atoms with Crippen LogP contribution in [0.3, 0.4) is 0 Å². The highest BCUT2D eigenvalue weighted by molar-refractivity contribution is 6.14. The highest BCUT2D eigenvalue weighted by Crippen LogP contribution is 2.40. The molecule has 3 heterocycles. The summed E-state index contributed by atoms with van der Waals surface area (Å²) in [6.45, 7) is 5.04. The second kappa shape index (κ2) is 5.03. The van der Waals surface area contributed by atoms with Gasteiger partial charge in [-0.3, -0.25) is 4.99 Å². The second-order valence-corrected chi connectivity index (χ2v) is 7.14. The third-order valence-electron chi connectivity index (χ3n) is 5.14. The zero-order valence-electron chi connectivity index (χ0n) is 13.8. The number of aliphatic imine (C=N–C) groups is 1. The van der Waals surface area contributed by atoms with E-state index in [2.05, 4.69) is 46.1 Å². The molecule has 1 aromatic carbocycles. The maximum Gasteiger partial charge on any atom is 0.132 e. The van der Waals surface area contributed by atoms with Gasteiger partial charge in [-0.25, -0.2) is 9.97 Å². The Morgan fingerprint density at radius 3 is 2.75 bits per heavy atom. The van der Waals surface area contributed by atoms with Crippen LogP contribution in [0.4, 0.5) is 5.82 Å². The van der Waals surface area contributed by atoms with Gasteiger partial charge in [-0.05, 0) is 43.9 Å². The van der Waals surface area contributed by atoms with Crippen molar-refractivity contribution in [1.29, 1.82) is 0 Å². The van der Waals surface area contributed by atoms with E-state index in [-0.39, 0.29) is 5.60 Å². The Morgan fingerprint density at radius 1 is 1.12 bits per heavy atom. The summed E-state index contributed by atoms with van der Waals surface area (Å²) in [5, 5.41) is 0. The van der Waals surface area contributed by atoms with Crippen LogP contribution in [0.2, 0.25) is 0 Å². The van der Waals surface area contributed by atoms with Crippen molar-refractivity contribution >= 4 is 11.5 Å². The number of rotatable bonds is 4. The molecule has 0 amide bonds. The molecule has 2 aliphatic heterocycles. The predicted octanol–water partition coefficient (Wildman–Crippen LogP) is 2.97. The van der Waals surface area contributed by atoms with Crippen molar-refractivity contribution in [3.8, 4) is 5.75 Å². The third kappa shape index (κ3) is 2.35. The summed E-state index contributed by atoms with van der Waals surface area (Å²) in [5.74, 6) is 1.93. The minimum atomic E-state index is 0.0315. The van der Waals surface area contributed by atoms with Crippen LogP contribution < -0.4 is 9.64 Å². The fraction of sp³-hybridized carbons (Fsp3) is 0.421. The summed E-state index contributed by atoms with van der Waals surface area (Å²) in [6.07, 6.45) is 5.16. The van der Waals surface area contributed by atoms with E-state index < -0.39 is 0 Å². The third-order valence-corrected chi connectivity index (χ3v) is 5.14. The van der Waals surface area contributed by atoms with E-state index in [1.807, 2.05) is 0 Å². The Labute approximate surface area is 141 Å². The van der Waals surface area contributed by atoms with Crippen molar-refractivity contribution in [3.63, 3.8) is 0 Å². The predicted molar refractivity (Wildman–Crippen MR) is 92.9 cm³/mol. The van der Waals surface area contributed by atoms with Crippen LogP contribution in [0, 0.1) is 0 Å². The van der Waals surface area contributed by atoms with E-state index >= 15 is 0 Å². The van der Waals surface area contributed by atoms with Gasteiger partial charge >= 0.3 is 0 Å². The van der Waals surface area contributed by atoms with Crippen LogP contribution >= 0.6 is 0 Å². The highest BCUT2D eigenvalue weighted by Gasteiger charge is 2.40. The maximum atomic E-state index is 6.11. The largest absolute Gasteiger partial charge is 0.488 e. The van der Waals surface area contributed by atoms with Crippen molar-refractivity contribution in [2.75, 3.05) is 18.0 Å². The van der Waals surface area contributed by atoms with Gasteiger partial charge in [-0.2, -0.15) is 0 Å². The minimum Gasteiger partial charge on any atom is -0.488 e. The lowest BCUT2D eigenvalue weighted by molar-refractivity contribution is 0.200. The molecule has 0 spiro atoms. The lowest BCUT2D eigenvalue weighted by Crippen LogP contribution is -2.37. The molecule has 5 rings (SSSR count). The van der Waals surface area contributed by atoms with Crippen LogP contribution in [-0.2, 0) is 6.54 Å². The monoisotopic (exact) mass is 320 g/mol. The number of anilines is 1. The van der Waals surface area contributed by atoms with Crippen LogP contribution in [-0.4, -0.2) is 34.4 Å². The molecule has 24 heavy (non-hydrogen) atoms. The first kappa shape index (κ1) is 14.0. The molecule has 0 bridgehead atoms. The molecular formula is C19H20N4O. The van der Waals surface area contributed by atoms with Crippen molar-refractivity contribution in [2.24, 2.45) is 4.99 Å². The standard InChI is InChI=1S/C19H20N4O/c1-19(5-6-19)24-14-4-3-13-11-20-18(15(13)9-14)16-10-17(22-12-21-16)23-7-2-8-23/h3-4,9-10,12H,2,5-8,11H2,1H3.